The number of carbonyl (C=O) groups is 1. The zero-order chi connectivity index (χ0) is 14.7. The predicted molar refractivity (Wildman–Crippen MR) is 73.1 cm³/mol. The molecular formula is C13H16N4O3. The number of nitrogens with zero attached hydrogens (tertiary/aromatic N) is 3. The Morgan fingerprint density at radius 3 is 2.60 bits per heavy atom. The molecule has 1 unspecified atom stereocenters. The van der Waals surface area contributed by atoms with E-state index >= 15 is 0 Å². The van der Waals surface area contributed by atoms with E-state index in [1.54, 1.807) is 24.3 Å². The highest BCUT2D eigenvalue weighted by molar-refractivity contribution is 5.92. The van der Waals surface area contributed by atoms with Gasteiger partial charge in [-0.05, 0) is 18.1 Å². The summed E-state index contributed by atoms with van der Waals surface area (Å²) in [4.78, 5) is 11.2. The van der Waals surface area contributed by atoms with E-state index in [4.69, 9.17) is 10.8 Å². The molecule has 2 rings (SSSR count). The number of benzene rings is 1. The molecule has 0 fully saturated rings. The molecule has 106 valence electrons. The van der Waals surface area contributed by atoms with Gasteiger partial charge in [-0.3, -0.25) is 0 Å². The quantitative estimate of drug-likeness (QED) is 0.698. The summed E-state index contributed by atoms with van der Waals surface area (Å²) in [5.41, 5.74) is 7.20. The van der Waals surface area contributed by atoms with Crippen molar-refractivity contribution in [3.63, 3.8) is 0 Å². The Kier molecular flexibility index (Phi) is 3.99. The van der Waals surface area contributed by atoms with Gasteiger partial charge >= 0.3 is 5.97 Å². The number of aliphatic hydroxyl groups is 1. The van der Waals surface area contributed by atoms with E-state index in [1.807, 2.05) is 6.92 Å². The molecule has 0 bridgehead atoms. The van der Waals surface area contributed by atoms with Crippen LogP contribution in [0.5, 0.6) is 0 Å². The molecule has 1 aromatic heterocycles. The summed E-state index contributed by atoms with van der Waals surface area (Å²) in [6.07, 6.45) is 0. The Morgan fingerprint density at radius 2 is 2.05 bits per heavy atom. The molecular weight excluding hydrogens is 260 g/mol. The van der Waals surface area contributed by atoms with Gasteiger partial charge in [0.25, 0.3) is 0 Å². The molecule has 1 aromatic carbocycles. The van der Waals surface area contributed by atoms with Gasteiger partial charge in [-0.2, -0.15) is 0 Å². The molecule has 0 spiro atoms. The topological polar surface area (TPSA) is 114 Å². The standard InChI is InChI=1S/C13H16N4O3/c1-8(7-18)6-17-12(11(13(19)20)15-16-17)9-2-4-10(14)5-3-9/h2-5,8,18H,6-7,14H2,1H3,(H,19,20). The first-order valence-corrected chi connectivity index (χ1v) is 6.16. The monoisotopic (exact) mass is 276 g/mol. The van der Waals surface area contributed by atoms with E-state index in [0.717, 1.165) is 0 Å². The Bertz CT molecular complexity index is 607. The van der Waals surface area contributed by atoms with Crippen LogP contribution in [0.1, 0.15) is 17.4 Å². The minimum absolute atomic E-state index is 0.0105. The van der Waals surface area contributed by atoms with Gasteiger partial charge in [0.15, 0.2) is 5.69 Å². The summed E-state index contributed by atoms with van der Waals surface area (Å²) >= 11 is 0. The van der Waals surface area contributed by atoms with Crippen molar-refractivity contribution < 1.29 is 15.0 Å². The van der Waals surface area contributed by atoms with Gasteiger partial charge in [0.2, 0.25) is 0 Å². The SMILES string of the molecule is CC(CO)Cn1nnc(C(=O)O)c1-c1ccc(N)cc1. The number of nitrogens with two attached hydrogens (primary N) is 1. The third kappa shape index (κ3) is 2.77. The van der Waals surface area contributed by atoms with Crippen LogP contribution in [-0.2, 0) is 6.54 Å². The smallest absolute Gasteiger partial charge is 0.358 e. The van der Waals surface area contributed by atoms with Crippen molar-refractivity contribution in [2.75, 3.05) is 12.3 Å². The Balaban J connectivity index is 2.49. The fourth-order valence-electron chi connectivity index (χ4n) is 1.86. The second-order valence-corrected chi connectivity index (χ2v) is 4.68. The fraction of sp³-hybridized carbons (Fsp3) is 0.308. The van der Waals surface area contributed by atoms with Gasteiger partial charge in [-0.25, -0.2) is 9.48 Å². The molecule has 0 saturated heterocycles. The molecule has 0 aliphatic rings. The largest absolute Gasteiger partial charge is 0.476 e. The summed E-state index contributed by atoms with van der Waals surface area (Å²) < 4.78 is 1.50. The predicted octanol–water partition coefficient (Wildman–Crippen LogP) is 0.854. The highest BCUT2D eigenvalue weighted by Gasteiger charge is 2.21. The Hall–Kier alpha value is -2.41. The molecule has 20 heavy (non-hydrogen) atoms. The number of anilines is 1. The zero-order valence-corrected chi connectivity index (χ0v) is 11.0. The molecule has 2 aromatic rings. The minimum atomic E-state index is -1.14. The lowest BCUT2D eigenvalue weighted by atomic mass is 10.1. The summed E-state index contributed by atoms with van der Waals surface area (Å²) in [7, 11) is 0. The van der Waals surface area contributed by atoms with Crippen LogP contribution in [0.2, 0.25) is 0 Å². The molecule has 7 nitrogen and oxygen atoms in total. The van der Waals surface area contributed by atoms with E-state index < -0.39 is 5.97 Å². The maximum atomic E-state index is 11.2. The van der Waals surface area contributed by atoms with E-state index in [0.29, 0.717) is 23.5 Å². The number of aromatic nitrogens is 3. The van der Waals surface area contributed by atoms with Crippen LogP contribution < -0.4 is 5.73 Å². The number of rotatable bonds is 5. The molecule has 0 saturated carbocycles. The van der Waals surface area contributed by atoms with Crippen LogP contribution >= 0.6 is 0 Å². The van der Waals surface area contributed by atoms with Crippen molar-refractivity contribution in [3.05, 3.63) is 30.0 Å². The van der Waals surface area contributed by atoms with Gasteiger partial charge < -0.3 is 15.9 Å². The molecule has 0 amide bonds. The summed E-state index contributed by atoms with van der Waals surface area (Å²) in [6, 6.07) is 6.82. The molecule has 7 heteroatoms. The Labute approximate surface area is 115 Å². The van der Waals surface area contributed by atoms with Crippen LogP contribution in [-0.4, -0.2) is 37.8 Å². The van der Waals surface area contributed by atoms with Gasteiger partial charge in [-0.15, -0.1) is 5.10 Å². The highest BCUT2D eigenvalue weighted by Crippen LogP contribution is 2.24. The molecule has 0 radical (unpaired) electrons. The molecule has 0 aliphatic heterocycles. The number of aromatic carboxylic acids is 1. The maximum Gasteiger partial charge on any atom is 0.358 e. The number of hydrogen-bond acceptors (Lipinski definition) is 5. The maximum absolute atomic E-state index is 11.2. The van der Waals surface area contributed by atoms with E-state index in [2.05, 4.69) is 10.3 Å². The third-order valence-corrected chi connectivity index (χ3v) is 2.92. The van der Waals surface area contributed by atoms with Crippen LogP contribution in [0.15, 0.2) is 24.3 Å². The van der Waals surface area contributed by atoms with Gasteiger partial charge in [0.1, 0.15) is 5.69 Å². The lowest BCUT2D eigenvalue weighted by Gasteiger charge is -2.11. The number of carboxylic acids is 1. The summed E-state index contributed by atoms with van der Waals surface area (Å²) in [5.74, 6) is -1.19. The van der Waals surface area contributed by atoms with E-state index in [1.165, 1.54) is 4.68 Å². The Morgan fingerprint density at radius 1 is 1.40 bits per heavy atom. The van der Waals surface area contributed by atoms with Crippen molar-refractivity contribution in [3.8, 4) is 11.3 Å². The van der Waals surface area contributed by atoms with Crippen molar-refractivity contribution in [1.29, 1.82) is 0 Å². The number of carboxylic acid groups (broad SMARTS) is 1. The summed E-state index contributed by atoms with van der Waals surface area (Å²) in [5, 5.41) is 25.9. The van der Waals surface area contributed by atoms with Gasteiger partial charge in [0.05, 0.1) is 0 Å². The van der Waals surface area contributed by atoms with Crippen LogP contribution in [0, 0.1) is 5.92 Å². The average molecular weight is 276 g/mol. The van der Waals surface area contributed by atoms with Crippen molar-refractivity contribution in [1.82, 2.24) is 15.0 Å². The minimum Gasteiger partial charge on any atom is -0.476 e. The van der Waals surface area contributed by atoms with Gasteiger partial charge in [0, 0.05) is 24.4 Å². The fourth-order valence-corrected chi connectivity index (χ4v) is 1.86. The van der Waals surface area contributed by atoms with Crippen molar-refractivity contribution >= 4 is 11.7 Å². The number of hydrogen-bond donors (Lipinski definition) is 3. The van der Waals surface area contributed by atoms with Crippen molar-refractivity contribution in [2.45, 2.75) is 13.5 Å². The first-order valence-electron chi connectivity index (χ1n) is 6.16. The van der Waals surface area contributed by atoms with E-state index in [-0.39, 0.29) is 18.2 Å². The molecule has 1 heterocycles. The third-order valence-electron chi connectivity index (χ3n) is 2.92. The lowest BCUT2D eigenvalue weighted by molar-refractivity contribution is 0.0691. The molecule has 0 aliphatic carbocycles. The molecule has 1 atom stereocenters. The van der Waals surface area contributed by atoms with E-state index in [9.17, 15) is 9.90 Å². The number of aliphatic hydroxyl groups excluding tert-OH is 1. The zero-order valence-electron chi connectivity index (χ0n) is 11.0. The highest BCUT2D eigenvalue weighted by atomic mass is 16.4. The normalized spacial score (nSPS) is 12.3. The number of nitrogen functional groups attached to an aromatic ring is 1. The average Bonchev–Trinajstić information content (AvgIpc) is 2.83. The first-order chi connectivity index (χ1) is 9.52. The first kappa shape index (κ1) is 14.0. The van der Waals surface area contributed by atoms with Crippen LogP contribution in [0.25, 0.3) is 11.3 Å². The lowest BCUT2D eigenvalue weighted by Crippen LogP contribution is -2.14. The molecule has 4 N–H and O–H groups in total. The van der Waals surface area contributed by atoms with Crippen LogP contribution in [0.4, 0.5) is 5.69 Å². The summed E-state index contributed by atoms with van der Waals surface area (Å²) in [6.45, 7) is 2.22. The van der Waals surface area contributed by atoms with Gasteiger partial charge in [-0.1, -0.05) is 24.3 Å². The van der Waals surface area contributed by atoms with Crippen LogP contribution in [0.3, 0.4) is 0 Å². The second-order valence-electron chi connectivity index (χ2n) is 4.68. The second kappa shape index (κ2) is 5.70. The van der Waals surface area contributed by atoms with Crippen molar-refractivity contribution in [2.24, 2.45) is 5.92 Å².